The molecule has 0 saturated carbocycles. The van der Waals surface area contributed by atoms with Gasteiger partial charge in [0.2, 0.25) is 0 Å². The zero-order valence-corrected chi connectivity index (χ0v) is 18.3. The van der Waals surface area contributed by atoms with Crippen LogP contribution in [0.3, 0.4) is 0 Å². The molecule has 0 unspecified atom stereocenters. The Morgan fingerprint density at radius 3 is 0.917 bits per heavy atom. The Morgan fingerprint density at radius 1 is 0.375 bits per heavy atom. The van der Waals surface area contributed by atoms with Crippen LogP contribution in [0.4, 0.5) is 4.70 Å². The summed E-state index contributed by atoms with van der Waals surface area (Å²) in [5.74, 6) is 0. The number of unbranched alkanes of at least 4 members (excludes halogenated alkanes) is 16. The standard InChI is InChI=1S/2C11H23.Al.FH/c2*1-3-5-7-9-11-10-8-6-4-2;;/h2*1,3-11H2,2H3;;1H. The lowest BCUT2D eigenvalue weighted by molar-refractivity contribution is 0.569. The first-order chi connectivity index (χ1) is 11.4. The van der Waals surface area contributed by atoms with Gasteiger partial charge in [-0.05, 0) is 0 Å². The largest absolute Gasteiger partial charge is 0.269 e. The molecule has 0 aromatic rings. The van der Waals surface area contributed by atoms with E-state index in [1.165, 1.54) is 116 Å². The van der Waals surface area contributed by atoms with Gasteiger partial charge in [0.1, 0.15) is 0 Å². The summed E-state index contributed by atoms with van der Waals surface area (Å²) in [6.07, 6.45) is 26.6. The highest BCUT2D eigenvalue weighted by atomic mass is 27.1. The highest BCUT2D eigenvalue weighted by Gasteiger charge is 1.96. The van der Waals surface area contributed by atoms with Crippen molar-refractivity contribution >= 4 is 15.2 Å². The van der Waals surface area contributed by atoms with Gasteiger partial charge in [-0.25, -0.2) is 0 Å². The topological polar surface area (TPSA) is 0 Å². The van der Waals surface area contributed by atoms with Gasteiger partial charge in [0.25, 0.3) is 0 Å². The molecular formula is C22H47AlF. The SMILES string of the molecule is CCCCCCCCCC[CH2][Al][CH2]CCCCCCCCCC.F. The molecule has 0 aliphatic rings. The van der Waals surface area contributed by atoms with Crippen molar-refractivity contribution in [2.75, 3.05) is 0 Å². The van der Waals surface area contributed by atoms with E-state index in [0.29, 0.717) is 0 Å². The minimum Gasteiger partial charge on any atom is -0.269 e. The Balaban J connectivity index is 0. The highest BCUT2D eigenvalue weighted by Crippen LogP contribution is 2.13. The molecule has 0 atom stereocenters. The Hall–Kier alpha value is 0.462. The summed E-state index contributed by atoms with van der Waals surface area (Å²) in [5, 5.41) is 3.15. The van der Waals surface area contributed by atoms with Crippen LogP contribution >= 0.6 is 0 Å². The number of halogens is 1. The second kappa shape index (κ2) is 25.7. The number of rotatable bonds is 20. The molecule has 0 nitrogen and oxygen atoms in total. The van der Waals surface area contributed by atoms with E-state index in [1.807, 2.05) is 0 Å². The van der Waals surface area contributed by atoms with E-state index in [-0.39, 0.29) is 4.70 Å². The van der Waals surface area contributed by atoms with Crippen LogP contribution < -0.4 is 0 Å². The number of hydrogen-bond donors (Lipinski definition) is 0. The third-order valence-corrected chi connectivity index (χ3v) is 6.66. The maximum Gasteiger partial charge on any atom is 0.199 e. The molecule has 24 heavy (non-hydrogen) atoms. The van der Waals surface area contributed by atoms with E-state index in [4.69, 9.17) is 0 Å². The smallest absolute Gasteiger partial charge is 0.199 e. The summed E-state index contributed by atoms with van der Waals surface area (Å²) in [7, 11) is 0. The first-order valence-corrected chi connectivity index (χ1v) is 12.9. The van der Waals surface area contributed by atoms with Crippen LogP contribution in [0.25, 0.3) is 0 Å². The Morgan fingerprint density at radius 2 is 0.625 bits per heavy atom. The maximum absolute atomic E-state index is 2.30. The minimum absolute atomic E-state index is 0. The van der Waals surface area contributed by atoms with Crippen LogP contribution in [0.2, 0.25) is 10.6 Å². The Bertz CT molecular complexity index is 176. The van der Waals surface area contributed by atoms with Crippen LogP contribution in [0.1, 0.15) is 129 Å². The van der Waals surface area contributed by atoms with Crippen molar-refractivity contribution in [3.63, 3.8) is 0 Å². The van der Waals surface area contributed by atoms with Crippen molar-refractivity contribution in [3.05, 3.63) is 0 Å². The molecule has 0 spiro atoms. The zero-order chi connectivity index (χ0) is 16.8. The van der Waals surface area contributed by atoms with Crippen molar-refractivity contribution in [3.8, 4) is 0 Å². The van der Waals surface area contributed by atoms with Gasteiger partial charge in [-0.1, -0.05) is 129 Å². The van der Waals surface area contributed by atoms with Gasteiger partial charge in [-0.3, -0.25) is 4.70 Å². The Labute approximate surface area is 160 Å². The fraction of sp³-hybridized carbons (Fsp3) is 1.00. The lowest BCUT2D eigenvalue weighted by Crippen LogP contribution is -1.90. The molecular weight excluding hydrogens is 310 g/mol. The van der Waals surface area contributed by atoms with Gasteiger partial charge < -0.3 is 0 Å². The van der Waals surface area contributed by atoms with E-state index in [9.17, 15) is 0 Å². The van der Waals surface area contributed by atoms with Gasteiger partial charge in [-0.2, -0.15) is 0 Å². The zero-order valence-electron chi connectivity index (χ0n) is 17.1. The van der Waals surface area contributed by atoms with Gasteiger partial charge in [0, 0.05) is 0 Å². The van der Waals surface area contributed by atoms with Crippen LogP contribution in [-0.2, 0) is 0 Å². The molecule has 145 valence electrons. The monoisotopic (exact) mass is 357 g/mol. The molecule has 0 aliphatic carbocycles. The van der Waals surface area contributed by atoms with Crippen molar-refractivity contribution in [1.82, 2.24) is 0 Å². The predicted octanol–water partition coefficient (Wildman–Crippen LogP) is 8.74. The van der Waals surface area contributed by atoms with E-state index in [2.05, 4.69) is 13.8 Å². The van der Waals surface area contributed by atoms with Crippen LogP contribution in [0, 0.1) is 0 Å². The van der Waals surface area contributed by atoms with Gasteiger partial charge >= 0.3 is 0 Å². The average molecular weight is 358 g/mol. The van der Waals surface area contributed by atoms with E-state index in [0.717, 1.165) is 15.2 Å². The molecule has 0 aliphatic heterocycles. The molecule has 0 saturated heterocycles. The first-order valence-electron chi connectivity index (χ1n) is 11.2. The van der Waals surface area contributed by atoms with Crippen molar-refractivity contribution in [1.29, 1.82) is 0 Å². The molecule has 0 heterocycles. The van der Waals surface area contributed by atoms with Crippen molar-refractivity contribution < 1.29 is 4.70 Å². The third-order valence-electron chi connectivity index (χ3n) is 5.02. The van der Waals surface area contributed by atoms with Gasteiger partial charge in [0.15, 0.2) is 15.2 Å². The molecule has 1 radical (unpaired) electrons. The summed E-state index contributed by atoms with van der Waals surface area (Å²) in [6.45, 7) is 4.61. The molecule has 0 bridgehead atoms. The fourth-order valence-electron chi connectivity index (χ4n) is 3.34. The summed E-state index contributed by atoms with van der Waals surface area (Å²) in [5.41, 5.74) is 0. The third kappa shape index (κ3) is 24.7. The highest BCUT2D eigenvalue weighted by molar-refractivity contribution is 6.35. The molecule has 2 heteroatoms. The quantitative estimate of drug-likeness (QED) is 0.151. The fourth-order valence-corrected chi connectivity index (χ4v) is 4.79. The maximum atomic E-state index is 2.30. The summed E-state index contributed by atoms with van der Waals surface area (Å²) < 4.78 is 0. The van der Waals surface area contributed by atoms with Crippen molar-refractivity contribution in [2.45, 2.75) is 140 Å². The second-order valence-corrected chi connectivity index (χ2v) is 9.25. The lowest BCUT2D eigenvalue weighted by atomic mass is 10.1. The predicted molar refractivity (Wildman–Crippen MR) is 112 cm³/mol. The Kier molecular flexibility index (Phi) is 28.6. The lowest BCUT2D eigenvalue weighted by Gasteiger charge is -2.03. The molecule has 0 rings (SSSR count). The summed E-state index contributed by atoms with van der Waals surface area (Å²) in [4.78, 5) is 0. The normalized spacial score (nSPS) is 10.6. The molecule has 0 aromatic carbocycles. The van der Waals surface area contributed by atoms with E-state index < -0.39 is 0 Å². The summed E-state index contributed by atoms with van der Waals surface area (Å²) in [6, 6.07) is 0. The molecule has 0 fully saturated rings. The van der Waals surface area contributed by atoms with Crippen LogP contribution in [0.5, 0.6) is 0 Å². The number of hydrogen-bond acceptors (Lipinski definition) is 0. The van der Waals surface area contributed by atoms with Crippen LogP contribution in [-0.4, -0.2) is 15.2 Å². The second-order valence-electron chi connectivity index (χ2n) is 7.52. The summed E-state index contributed by atoms with van der Waals surface area (Å²) >= 11 is 0.783. The van der Waals surface area contributed by atoms with E-state index >= 15 is 0 Å². The molecule has 0 aromatic heterocycles. The van der Waals surface area contributed by atoms with Gasteiger partial charge in [-0.15, -0.1) is 10.6 Å². The van der Waals surface area contributed by atoms with Gasteiger partial charge in [0.05, 0.1) is 0 Å². The molecule has 0 amide bonds. The van der Waals surface area contributed by atoms with Crippen molar-refractivity contribution in [2.24, 2.45) is 0 Å². The minimum atomic E-state index is 0. The average Bonchev–Trinajstić information content (AvgIpc) is 2.57. The molecule has 0 N–H and O–H groups in total. The first kappa shape index (κ1) is 26.7. The van der Waals surface area contributed by atoms with E-state index in [1.54, 1.807) is 10.6 Å². The van der Waals surface area contributed by atoms with Crippen LogP contribution in [0.15, 0.2) is 0 Å².